The average molecular weight is 337 g/mol. The van der Waals surface area contributed by atoms with Crippen LogP contribution in [0.1, 0.15) is 31.7 Å². The fourth-order valence-corrected chi connectivity index (χ4v) is 2.13. The number of aromatic nitrogens is 2. The van der Waals surface area contributed by atoms with Crippen molar-refractivity contribution in [3.05, 3.63) is 48.2 Å². The van der Waals surface area contributed by atoms with Crippen LogP contribution in [0, 0.1) is 0 Å². The van der Waals surface area contributed by atoms with E-state index in [0.717, 1.165) is 12.5 Å². The van der Waals surface area contributed by atoms with Gasteiger partial charge >= 0.3 is 6.09 Å². The number of hydrogen-bond donors (Lipinski definition) is 1. The maximum Gasteiger partial charge on any atom is 0.413 e. The molecule has 5 nitrogen and oxygen atoms in total. The monoisotopic (exact) mass is 337 g/mol. The molecule has 0 aliphatic rings. The van der Waals surface area contributed by atoms with Gasteiger partial charge in [0.15, 0.2) is 5.82 Å². The molecule has 1 aromatic heterocycles. The highest BCUT2D eigenvalue weighted by Crippen LogP contribution is 2.19. The van der Waals surface area contributed by atoms with Crippen LogP contribution < -0.4 is 5.32 Å². The number of aryl methyl sites for hydroxylation is 1. The molecule has 1 N–H and O–H groups in total. The number of unbranched alkanes of at least 4 members (excludes halogenated alkanes) is 1. The van der Waals surface area contributed by atoms with Gasteiger partial charge in [-0.1, -0.05) is 30.3 Å². The number of ether oxygens (including phenoxy) is 1. The lowest BCUT2D eigenvalue weighted by molar-refractivity contribution is 0.0102. The van der Waals surface area contributed by atoms with Gasteiger partial charge in [0.25, 0.3) is 0 Å². The zero-order valence-electron chi connectivity index (χ0n) is 13.5. The number of benzene rings is 1. The summed E-state index contributed by atoms with van der Waals surface area (Å²) in [6, 6.07) is 11.0. The van der Waals surface area contributed by atoms with Crippen molar-refractivity contribution in [3.8, 4) is 0 Å². The average Bonchev–Trinajstić information content (AvgIpc) is 2.97. The molecular weight excluding hydrogens is 316 g/mol. The van der Waals surface area contributed by atoms with Gasteiger partial charge in [-0.15, -0.1) is 0 Å². The largest absolute Gasteiger partial charge is 0.444 e. The summed E-state index contributed by atoms with van der Waals surface area (Å²) in [6.45, 7) is 1.62. The number of rotatable bonds is 8. The molecular formula is C17H21F2N3O2. The summed E-state index contributed by atoms with van der Waals surface area (Å²) in [7, 11) is 0. The first-order valence-electron chi connectivity index (χ1n) is 7.81. The maximum atomic E-state index is 12.7. The molecule has 0 radical (unpaired) electrons. The van der Waals surface area contributed by atoms with E-state index in [4.69, 9.17) is 4.74 Å². The van der Waals surface area contributed by atoms with Gasteiger partial charge in [-0.25, -0.2) is 13.6 Å². The van der Waals surface area contributed by atoms with Crippen LogP contribution in [0.2, 0.25) is 0 Å². The highest BCUT2D eigenvalue weighted by atomic mass is 19.3. The number of anilines is 1. The van der Waals surface area contributed by atoms with Gasteiger partial charge in [-0.3, -0.25) is 10.00 Å². The molecule has 24 heavy (non-hydrogen) atoms. The Morgan fingerprint density at radius 2 is 2.00 bits per heavy atom. The zero-order valence-corrected chi connectivity index (χ0v) is 13.5. The van der Waals surface area contributed by atoms with Crippen molar-refractivity contribution in [1.29, 1.82) is 0 Å². The molecule has 7 heteroatoms. The summed E-state index contributed by atoms with van der Waals surface area (Å²) in [5.74, 6) is -2.26. The van der Waals surface area contributed by atoms with Crippen LogP contribution in [-0.2, 0) is 17.9 Å². The van der Waals surface area contributed by atoms with Gasteiger partial charge in [0, 0.05) is 25.2 Å². The molecule has 2 aromatic rings. The van der Waals surface area contributed by atoms with Crippen molar-refractivity contribution in [2.75, 3.05) is 5.32 Å². The van der Waals surface area contributed by atoms with E-state index >= 15 is 0 Å². The fraction of sp³-hybridized carbons (Fsp3) is 0.412. The van der Waals surface area contributed by atoms with Crippen molar-refractivity contribution in [2.45, 2.75) is 45.3 Å². The summed E-state index contributed by atoms with van der Waals surface area (Å²) in [5.41, 5.74) is 0.894. The van der Waals surface area contributed by atoms with E-state index in [1.165, 1.54) is 0 Å². The van der Waals surface area contributed by atoms with Crippen molar-refractivity contribution < 1.29 is 18.3 Å². The van der Waals surface area contributed by atoms with Crippen molar-refractivity contribution in [1.82, 2.24) is 9.78 Å². The van der Waals surface area contributed by atoms with Crippen LogP contribution in [0.5, 0.6) is 0 Å². The maximum absolute atomic E-state index is 12.7. The Morgan fingerprint density at radius 3 is 2.71 bits per heavy atom. The molecule has 2 rings (SSSR count). The highest BCUT2D eigenvalue weighted by molar-refractivity contribution is 5.83. The van der Waals surface area contributed by atoms with E-state index in [1.807, 2.05) is 30.3 Å². The minimum absolute atomic E-state index is 0.134. The molecule has 1 heterocycles. The summed E-state index contributed by atoms with van der Waals surface area (Å²) in [5, 5.41) is 6.69. The Bertz CT molecular complexity index is 639. The summed E-state index contributed by atoms with van der Waals surface area (Å²) in [4.78, 5) is 11.7. The first-order valence-corrected chi connectivity index (χ1v) is 7.81. The lowest BCUT2D eigenvalue weighted by Gasteiger charge is -2.09. The molecule has 1 amide bonds. The third-order valence-corrected chi connectivity index (χ3v) is 3.34. The number of halogens is 2. The predicted molar refractivity (Wildman–Crippen MR) is 86.9 cm³/mol. The molecule has 0 saturated heterocycles. The molecule has 0 spiro atoms. The first-order chi connectivity index (χ1) is 11.4. The van der Waals surface area contributed by atoms with Gasteiger partial charge in [-0.2, -0.15) is 5.10 Å². The SMILES string of the molecule is CC(F)(F)CCCCn1ccc(NC(=O)OCc2ccccc2)n1. The number of amides is 1. The number of nitrogens with one attached hydrogen (secondary N) is 1. The van der Waals surface area contributed by atoms with Gasteiger partial charge in [-0.05, 0) is 25.3 Å². The Balaban J connectivity index is 1.70. The number of alkyl halides is 2. The van der Waals surface area contributed by atoms with Crippen LogP contribution in [0.3, 0.4) is 0 Å². The Labute approximate surface area is 139 Å². The zero-order chi connectivity index (χ0) is 17.4. The van der Waals surface area contributed by atoms with Crippen LogP contribution in [0.15, 0.2) is 42.6 Å². The minimum Gasteiger partial charge on any atom is -0.444 e. The summed E-state index contributed by atoms with van der Waals surface area (Å²) in [6.07, 6.45) is 1.99. The lowest BCUT2D eigenvalue weighted by Crippen LogP contribution is -2.14. The lowest BCUT2D eigenvalue weighted by atomic mass is 10.1. The van der Waals surface area contributed by atoms with E-state index in [9.17, 15) is 13.6 Å². The van der Waals surface area contributed by atoms with Crippen LogP contribution in [0.25, 0.3) is 0 Å². The summed E-state index contributed by atoms with van der Waals surface area (Å²) < 4.78 is 32.1. The molecule has 0 saturated carbocycles. The minimum atomic E-state index is -2.63. The molecule has 0 fully saturated rings. The van der Waals surface area contributed by atoms with Crippen LogP contribution in [0.4, 0.5) is 19.4 Å². The van der Waals surface area contributed by atoms with E-state index in [2.05, 4.69) is 10.4 Å². The van der Waals surface area contributed by atoms with E-state index in [-0.39, 0.29) is 13.0 Å². The van der Waals surface area contributed by atoms with Gasteiger partial charge < -0.3 is 4.74 Å². The van der Waals surface area contributed by atoms with E-state index in [1.54, 1.807) is 16.9 Å². The molecule has 0 aliphatic carbocycles. The number of carbonyl (C=O) groups excluding carboxylic acids is 1. The second-order valence-electron chi connectivity index (χ2n) is 5.68. The predicted octanol–water partition coefficient (Wildman–Crippen LogP) is 4.46. The smallest absolute Gasteiger partial charge is 0.413 e. The third kappa shape index (κ3) is 6.76. The molecule has 130 valence electrons. The quantitative estimate of drug-likeness (QED) is 0.724. The van der Waals surface area contributed by atoms with E-state index < -0.39 is 12.0 Å². The van der Waals surface area contributed by atoms with Crippen molar-refractivity contribution in [2.24, 2.45) is 0 Å². The first kappa shape index (κ1) is 17.9. The second-order valence-corrected chi connectivity index (χ2v) is 5.68. The highest BCUT2D eigenvalue weighted by Gasteiger charge is 2.19. The molecule has 0 aliphatic heterocycles. The van der Waals surface area contributed by atoms with Gasteiger partial charge in [0.1, 0.15) is 6.61 Å². The molecule has 0 atom stereocenters. The van der Waals surface area contributed by atoms with Gasteiger partial charge in [0.2, 0.25) is 5.92 Å². The van der Waals surface area contributed by atoms with Crippen molar-refractivity contribution in [3.63, 3.8) is 0 Å². The Hall–Kier alpha value is -2.44. The van der Waals surface area contributed by atoms with E-state index in [0.29, 0.717) is 25.2 Å². The van der Waals surface area contributed by atoms with Crippen molar-refractivity contribution >= 4 is 11.9 Å². The second kappa shape index (κ2) is 8.42. The molecule has 0 unspecified atom stereocenters. The third-order valence-electron chi connectivity index (χ3n) is 3.34. The molecule has 1 aromatic carbocycles. The van der Waals surface area contributed by atoms with Crippen LogP contribution in [-0.4, -0.2) is 21.8 Å². The number of nitrogens with zero attached hydrogens (tertiary/aromatic N) is 2. The Kier molecular flexibility index (Phi) is 6.28. The van der Waals surface area contributed by atoms with Crippen LogP contribution >= 0.6 is 0 Å². The summed E-state index contributed by atoms with van der Waals surface area (Å²) >= 11 is 0. The fourth-order valence-electron chi connectivity index (χ4n) is 2.13. The number of carbonyl (C=O) groups is 1. The normalized spacial score (nSPS) is 11.3. The standard InChI is InChI=1S/C17H21F2N3O2/c1-17(18,19)10-5-6-11-22-12-9-15(21-22)20-16(23)24-13-14-7-3-2-4-8-14/h2-4,7-9,12H,5-6,10-11,13H2,1H3,(H,20,21,23). The Morgan fingerprint density at radius 1 is 1.25 bits per heavy atom. The molecule has 0 bridgehead atoms. The van der Waals surface area contributed by atoms with Gasteiger partial charge in [0.05, 0.1) is 0 Å². The topological polar surface area (TPSA) is 56.2 Å². The number of hydrogen-bond acceptors (Lipinski definition) is 3.